The number of aromatic nitrogens is 1. The van der Waals surface area contributed by atoms with Crippen LogP contribution in [0.5, 0.6) is 0 Å². The molecule has 0 aliphatic heterocycles. The van der Waals surface area contributed by atoms with Crippen LogP contribution in [0.2, 0.25) is 0 Å². The highest BCUT2D eigenvalue weighted by Crippen LogP contribution is 2.30. The second kappa shape index (κ2) is 6.44. The van der Waals surface area contributed by atoms with Gasteiger partial charge in [0.2, 0.25) is 5.91 Å². The largest absolute Gasteiger partial charge is 0.326 e. The van der Waals surface area contributed by atoms with E-state index >= 15 is 0 Å². The van der Waals surface area contributed by atoms with Gasteiger partial charge in [0, 0.05) is 18.7 Å². The van der Waals surface area contributed by atoms with Gasteiger partial charge in [-0.25, -0.2) is 0 Å². The summed E-state index contributed by atoms with van der Waals surface area (Å²) in [5.74, 6) is -0.0870. The molecule has 0 aliphatic rings. The maximum absolute atomic E-state index is 11.5. The Kier molecular flexibility index (Phi) is 4.20. The third-order valence-electron chi connectivity index (χ3n) is 3.63. The highest BCUT2D eigenvalue weighted by molar-refractivity contribution is 5.94. The molecule has 3 rings (SSSR count). The first-order valence-corrected chi connectivity index (χ1v) is 7.53. The van der Waals surface area contributed by atoms with E-state index in [-0.39, 0.29) is 5.91 Å². The van der Waals surface area contributed by atoms with Gasteiger partial charge in [-0.3, -0.25) is 9.78 Å². The molecule has 0 fully saturated rings. The zero-order valence-electron chi connectivity index (χ0n) is 13.2. The van der Waals surface area contributed by atoms with E-state index in [2.05, 4.69) is 22.4 Å². The standard InChI is InChI=1S/C20H18N2O/c1-14-8-9-18(20(12-14)22-15(2)23)19-13-17(10-11-21-19)16-6-4-3-5-7-16/h3-13H,1-2H3,(H,22,23). The fourth-order valence-corrected chi connectivity index (χ4v) is 2.56. The number of nitrogens with one attached hydrogen (secondary N) is 1. The summed E-state index contributed by atoms with van der Waals surface area (Å²) in [6.45, 7) is 3.52. The third kappa shape index (κ3) is 3.46. The number of amides is 1. The van der Waals surface area contributed by atoms with Crippen LogP contribution in [-0.4, -0.2) is 10.9 Å². The molecule has 0 saturated carbocycles. The Morgan fingerprint density at radius 3 is 2.48 bits per heavy atom. The number of hydrogen-bond donors (Lipinski definition) is 1. The quantitative estimate of drug-likeness (QED) is 0.763. The smallest absolute Gasteiger partial charge is 0.221 e. The van der Waals surface area contributed by atoms with Crippen molar-refractivity contribution in [2.24, 2.45) is 0 Å². The van der Waals surface area contributed by atoms with Crippen molar-refractivity contribution < 1.29 is 4.79 Å². The van der Waals surface area contributed by atoms with Gasteiger partial charge in [-0.2, -0.15) is 0 Å². The molecule has 0 bridgehead atoms. The van der Waals surface area contributed by atoms with E-state index in [0.717, 1.165) is 33.6 Å². The maximum atomic E-state index is 11.5. The van der Waals surface area contributed by atoms with Crippen LogP contribution >= 0.6 is 0 Å². The van der Waals surface area contributed by atoms with Crippen molar-refractivity contribution in [1.82, 2.24) is 4.98 Å². The lowest BCUT2D eigenvalue weighted by atomic mass is 10.0. The number of benzene rings is 2. The molecule has 114 valence electrons. The van der Waals surface area contributed by atoms with Crippen molar-refractivity contribution >= 4 is 11.6 Å². The van der Waals surface area contributed by atoms with Gasteiger partial charge in [0.25, 0.3) is 0 Å². The molecule has 0 unspecified atom stereocenters. The van der Waals surface area contributed by atoms with Crippen LogP contribution in [0.1, 0.15) is 12.5 Å². The van der Waals surface area contributed by atoms with Crippen molar-refractivity contribution in [3.63, 3.8) is 0 Å². The molecule has 23 heavy (non-hydrogen) atoms. The van der Waals surface area contributed by atoms with E-state index in [1.165, 1.54) is 6.92 Å². The number of carbonyl (C=O) groups is 1. The van der Waals surface area contributed by atoms with Crippen LogP contribution < -0.4 is 5.32 Å². The lowest BCUT2D eigenvalue weighted by Crippen LogP contribution is -2.07. The van der Waals surface area contributed by atoms with Gasteiger partial charge in [-0.15, -0.1) is 0 Å². The minimum atomic E-state index is -0.0870. The van der Waals surface area contributed by atoms with Crippen molar-refractivity contribution in [1.29, 1.82) is 0 Å². The van der Waals surface area contributed by atoms with Gasteiger partial charge in [0.1, 0.15) is 0 Å². The Morgan fingerprint density at radius 1 is 0.957 bits per heavy atom. The van der Waals surface area contributed by atoms with Crippen LogP contribution in [0, 0.1) is 6.92 Å². The highest BCUT2D eigenvalue weighted by atomic mass is 16.1. The number of nitrogens with zero attached hydrogens (tertiary/aromatic N) is 1. The second-order valence-corrected chi connectivity index (χ2v) is 5.53. The Balaban J connectivity index is 2.07. The molecule has 3 nitrogen and oxygen atoms in total. The minimum Gasteiger partial charge on any atom is -0.326 e. The first-order chi connectivity index (χ1) is 11.1. The molecular weight excluding hydrogens is 284 g/mol. The SMILES string of the molecule is CC(=O)Nc1cc(C)ccc1-c1cc(-c2ccccc2)ccn1. The van der Waals surface area contributed by atoms with Crippen molar-refractivity contribution in [3.8, 4) is 22.4 Å². The molecule has 0 spiro atoms. The van der Waals surface area contributed by atoms with E-state index in [1.807, 2.05) is 55.5 Å². The molecule has 1 heterocycles. The summed E-state index contributed by atoms with van der Waals surface area (Å²) in [6.07, 6.45) is 1.80. The lowest BCUT2D eigenvalue weighted by Gasteiger charge is -2.12. The van der Waals surface area contributed by atoms with Crippen LogP contribution in [0.4, 0.5) is 5.69 Å². The predicted octanol–water partition coefficient (Wildman–Crippen LogP) is 4.68. The zero-order chi connectivity index (χ0) is 16.2. The van der Waals surface area contributed by atoms with Crippen LogP contribution in [-0.2, 0) is 4.79 Å². The second-order valence-electron chi connectivity index (χ2n) is 5.53. The fourth-order valence-electron chi connectivity index (χ4n) is 2.56. The van der Waals surface area contributed by atoms with Gasteiger partial charge in [0.05, 0.1) is 11.4 Å². The van der Waals surface area contributed by atoms with Crippen molar-refractivity contribution in [2.45, 2.75) is 13.8 Å². The molecule has 3 aromatic rings. The van der Waals surface area contributed by atoms with Crippen molar-refractivity contribution in [3.05, 3.63) is 72.4 Å². The van der Waals surface area contributed by atoms with E-state index in [9.17, 15) is 4.79 Å². The Labute approximate surface area is 136 Å². The van der Waals surface area contributed by atoms with E-state index < -0.39 is 0 Å². The average Bonchev–Trinajstić information content (AvgIpc) is 2.55. The number of rotatable bonds is 3. The van der Waals surface area contributed by atoms with Crippen molar-refractivity contribution in [2.75, 3.05) is 5.32 Å². The fraction of sp³-hybridized carbons (Fsp3) is 0.100. The number of pyridine rings is 1. The molecule has 1 amide bonds. The van der Waals surface area contributed by atoms with Gasteiger partial charge in [-0.1, -0.05) is 42.5 Å². The summed E-state index contributed by atoms with van der Waals surface area (Å²) in [4.78, 5) is 15.9. The first-order valence-electron chi connectivity index (χ1n) is 7.53. The molecule has 3 heteroatoms. The number of carbonyl (C=O) groups excluding carboxylic acids is 1. The Bertz CT molecular complexity index is 841. The summed E-state index contributed by atoms with van der Waals surface area (Å²) in [6, 6.07) is 20.2. The topological polar surface area (TPSA) is 42.0 Å². The van der Waals surface area contributed by atoms with Gasteiger partial charge in [0.15, 0.2) is 0 Å². The summed E-state index contributed by atoms with van der Waals surface area (Å²) in [7, 11) is 0. The molecule has 0 saturated heterocycles. The van der Waals surface area contributed by atoms with Crippen LogP contribution in [0.25, 0.3) is 22.4 Å². The van der Waals surface area contributed by atoms with Gasteiger partial charge < -0.3 is 5.32 Å². The summed E-state index contributed by atoms with van der Waals surface area (Å²) in [5.41, 5.74) is 5.89. The summed E-state index contributed by atoms with van der Waals surface area (Å²) >= 11 is 0. The zero-order valence-corrected chi connectivity index (χ0v) is 13.2. The molecule has 1 aromatic heterocycles. The number of aryl methyl sites for hydroxylation is 1. The molecule has 0 aliphatic carbocycles. The lowest BCUT2D eigenvalue weighted by molar-refractivity contribution is -0.114. The number of anilines is 1. The Morgan fingerprint density at radius 2 is 1.74 bits per heavy atom. The summed E-state index contributed by atoms with van der Waals surface area (Å²) < 4.78 is 0. The third-order valence-corrected chi connectivity index (χ3v) is 3.63. The molecule has 1 N–H and O–H groups in total. The normalized spacial score (nSPS) is 10.3. The molecule has 0 radical (unpaired) electrons. The average molecular weight is 302 g/mol. The minimum absolute atomic E-state index is 0.0870. The van der Waals surface area contributed by atoms with E-state index in [1.54, 1.807) is 6.20 Å². The van der Waals surface area contributed by atoms with E-state index in [0.29, 0.717) is 0 Å². The first kappa shape index (κ1) is 15.0. The predicted molar refractivity (Wildman–Crippen MR) is 94.1 cm³/mol. The van der Waals surface area contributed by atoms with E-state index in [4.69, 9.17) is 0 Å². The summed E-state index contributed by atoms with van der Waals surface area (Å²) in [5, 5.41) is 2.89. The number of hydrogen-bond acceptors (Lipinski definition) is 2. The van der Waals surface area contributed by atoms with Crippen LogP contribution in [0.15, 0.2) is 66.9 Å². The van der Waals surface area contributed by atoms with Crippen LogP contribution in [0.3, 0.4) is 0 Å². The molecule has 2 aromatic carbocycles. The van der Waals surface area contributed by atoms with Gasteiger partial charge in [-0.05, 0) is 41.8 Å². The molecule has 0 atom stereocenters. The van der Waals surface area contributed by atoms with Gasteiger partial charge >= 0.3 is 0 Å². The maximum Gasteiger partial charge on any atom is 0.221 e. The monoisotopic (exact) mass is 302 g/mol. The Hall–Kier alpha value is -2.94. The molecular formula is C20H18N2O. The highest BCUT2D eigenvalue weighted by Gasteiger charge is 2.09.